The van der Waals surface area contributed by atoms with E-state index in [1.807, 2.05) is 51.1 Å². The average molecular weight is 560 g/mol. The summed E-state index contributed by atoms with van der Waals surface area (Å²) < 4.78 is 13.3. The van der Waals surface area contributed by atoms with E-state index in [-0.39, 0.29) is 36.1 Å². The highest BCUT2D eigenvalue weighted by atomic mass is 19.1. The number of nitrogens with one attached hydrogen (secondary N) is 3. The van der Waals surface area contributed by atoms with Crippen LogP contribution in [0.4, 0.5) is 26.2 Å². The SMILES string of the molecule is Cc1cccc(NC(=O)N2CCCN(c3ccc(NC(=O)CC(C)C)cc3C(=O)NCc3ccc(F)cc3)CC2)c1. The summed E-state index contributed by atoms with van der Waals surface area (Å²) in [5.74, 6) is -0.552. The first kappa shape index (κ1) is 29.6. The second-order valence-corrected chi connectivity index (χ2v) is 10.8. The molecule has 216 valence electrons. The van der Waals surface area contributed by atoms with Crippen molar-refractivity contribution in [3.05, 3.63) is 89.2 Å². The van der Waals surface area contributed by atoms with Crippen LogP contribution in [0.1, 0.15) is 48.2 Å². The predicted octanol–water partition coefficient (Wildman–Crippen LogP) is 5.79. The van der Waals surface area contributed by atoms with E-state index in [0.717, 1.165) is 28.9 Å². The molecular formula is C32H38FN5O3. The molecule has 3 aromatic carbocycles. The normalized spacial score (nSPS) is 13.5. The summed E-state index contributed by atoms with van der Waals surface area (Å²) in [4.78, 5) is 42.8. The fraction of sp³-hybridized carbons (Fsp3) is 0.344. The van der Waals surface area contributed by atoms with Gasteiger partial charge in [-0.05, 0) is 72.9 Å². The van der Waals surface area contributed by atoms with Gasteiger partial charge in [0.25, 0.3) is 5.91 Å². The van der Waals surface area contributed by atoms with Crippen LogP contribution >= 0.6 is 0 Å². The molecule has 1 aliphatic heterocycles. The van der Waals surface area contributed by atoms with Crippen molar-refractivity contribution < 1.29 is 18.8 Å². The minimum Gasteiger partial charge on any atom is -0.369 e. The van der Waals surface area contributed by atoms with Crippen LogP contribution in [0.25, 0.3) is 0 Å². The summed E-state index contributed by atoms with van der Waals surface area (Å²) in [5, 5.41) is 8.81. The quantitative estimate of drug-likeness (QED) is 0.326. The number of carbonyl (C=O) groups is 3. The Hall–Kier alpha value is -4.40. The Morgan fingerprint density at radius 1 is 0.878 bits per heavy atom. The highest BCUT2D eigenvalue weighted by Gasteiger charge is 2.23. The largest absolute Gasteiger partial charge is 0.369 e. The number of hydrogen-bond donors (Lipinski definition) is 3. The van der Waals surface area contributed by atoms with Gasteiger partial charge in [-0.3, -0.25) is 9.59 Å². The number of anilines is 3. The first-order chi connectivity index (χ1) is 19.7. The van der Waals surface area contributed by atoms with Crippen molar-refractivity contribution in [1.29, 1.82) is 0 Å². The van der Waals surface area contributed by atoms with Gasteiger partial charge in [0.15, 0.2) is 0 Å². The van der Waals surface area contributed by atoms with Crippen molar-refractivity contribution in [3.63, 3.8) is 0 Å². The standard InChI is InChI=1S/C32H38FN5O3/c1-22(2)18-30(39)35-27-12-13-29(28(20-27)31(40)34-21-24-8-10-25(33)11-9-24)37-14-5-15-38(17-16-37)32(41)36-26-7-4-6-23(3)19-26/h4,6-13,19-20,22H,5,14-18,21H2,1-3H3,(H,34,40)(H,35,39)(H,36,41). The zero-order chi connectivity index (χ0) is 29.4. The maximum atomic E-state index is 13.5. The first-order valence-electron chi connectivity index (χ1n) is 14.0. The fourth-order valence-corrected chi connectivity index (χ4v) is 4.82. The fourth-order valence-electron chi connectivity index (χ4n) is 4.82. The van der Waals surface area contributed by atoms with Crippen molar-refractivity contribution in [2.24, 2.45) is 5.92 Å². The predicted molar refractivity (Wildman–Crippen MR) is 161 cm³/mol. The molecule has 3 aromatic rings. The Bertz CT molecular complexity index is 1380. The van der Waals surface area contributed by atoms with Gasteiger partial charge in [0.2, 0.25) is 5.91 Å². The molecule has 0 aliphatic carbocycles. The van der Waals surface area contributed by atoms with Gasteiger partial charge in [-0.2, -0.15) is 0 Å². The molecule has 0 saturated carbocycles. The second-order valence-electron chi connectivity index (χ2n) is 10.8. The summed E-state index contributed by atoms with van der Waals surface area (Å²) in [6.45, 7) is 8.43. The van der Waals surface area contributed by atoms with E-state index in [2.05, 4.69) is 20.9 Å². The van der Waals surface area contributed by atoms with Crippen LogP contribution in [0.15, 0.2) is 66.7 Å². The van der Waals surface area contributed by atoms with Gasteiger partial charge in [0, 0.05) is 56.2 Å². The van der Waals surface area contributed by atoms with E-state index in [1.54, 1.807) is 29.2 Å². The summed E-state index contributed by atoms with van der Waals surface area (Å²) in [6, 6.07) is 18.9. The topological polar surface area (TPSA) is 93.8 Å². The summed E-state index contributed by atoms with van der Waals surface area (Å²) in [6.07, 6.45) is 1.10. The maximum absolute atomic E-state index is 13.5. The lowest BCUT2D eigenvalue weighted by Gasteiger charge is -2.26. The number of benzene rings is 3. The summed E-state index contributed by atoms with van der Waals surface area (Å²) in [5.41, 5.74) is 4.29. The number of rotatable bonds is 8. The van der Waals surface area contributed by atoms with Gasteiger partial charge in [0.05, 0.1) is 5.56 Å². The van der Waals surface area contributed by atoms with Crippen LogP contribution < -0.4 is 20.9 Å². The molecule has 0 atom stereocenters. The van der Waals surface area contributed by atoms with Crippen LogP contribution in [-0.2, 0) is 11.3 Å². The maximum Gasteiger partial charge on any atom is 0.321 e. The molecule has 0 unspecified atom stereocenters. The molecule has 9 heteroatoms. The molecule has 1 fully saturated rings. The lowest BCUT2D eigenvalue weighted by molar-refractivity contribution is -0.116. The van der Waals surface area contributed by atoms with E-state index in [0.29, 0.717) is 43.9 Å². The molecule has 1 aliphatic rings. The first-order valence-corrected chi connectivity index (χ1v) is 14.0. The van der Waals surface area contributed by atoms with E-state index in [1.165, 1.54) is 12.1 Å². The Morgan fingerprint density at radius 3 is 2.37 bits per heavy atom. The molecule has 1 saturated heterocycles. The molecule has 41 heavy (non-hydrogen) atoms. The van der Waals surface area contributed by atoms with E-state index < -0.39 is 0 Å². The van der Waals surface area contributed by atoms with Crippen molar-refractivity contribution in [1.82, 2.24) is 10.2 Å². The van der Waals surface area contributed by atoms with Gasteiger partial charge < -0.3 is 25.8 Å². The Kier molecular flexibility index (Phi) is 9.95. The minimum absolute atomic E-state index is 0.115. The van der Waals surface area contributed by atoms with Crippen LogP contribution in [0.2, 0.25) is 0 Å². The van der Waals surface area contributed by atoms with Crippen LogP contribution in [-0.4, -0.2) is 48.9 Å². The highest BCUT2D eigenvalue weighted by molar-refractivity contribution is 6.02. The zero-order valence-corrected chi connectivity index (χ0v) is 23.9. The van der Waals surface area contributed by atoms with E-state index in [9.17, 15) is 18.8 Å². The number of halogens is 1. The number of hydrogen-bond acceptors (Lipinski definition) is 4. The van der Waals surface area contributed by atoms with Crippen molar-refractivity contribution >= 4 is 34.9 Å². The molecule has 0 radical (unpaired) electrons. The third-order valence-corrected chi connectivity index (χ3v) is 6.88. The summed E-state index contributed by atoms with van der Waals surface area (Å²) >= 11 is 0. The lowest BCUT2D eigenvalue weighted by Crippen LogP contribution is -2.38. The Balaban J connectivity index is 1.50. The van der Waals surface area contributed by atoms with Gasteiger partial charge in [-0.25, -0.2) is 9.18 Å². The highest BCUT2D eigenvalue weighted by Crippen LogP contribution is 2.27. The second kappa shape index (κ2) is 13.8. The van der Waals surface area contributed by atoms with Crippen LogP contribution in [0.5, 0.6) is 0 Å². The van der Waals surface area contributed by atoms with Crippen molar-refractivity contribution in [3.8, 4) is 0 Å². The number of aryl methyl sites for hydroxylation is 1. The zero-order valence-electron chi connectivity index (χ0n) is 23.9. The van der Waals surface area contributed by atoms with Gasteiger partial charge in [-0.1, -0.05) is 38.1 Å². The third-order valence-electron chi connectivity index (χ3n) is 6.88. The van der Waals surface area contributed by atoms with Crippen LogP contribution in [0.3, 0.4) is 0 Å². The Labute approximate surface area is 240 Å². The van der Waals surface area contributed by atoms with Gasteiger partial charge in [-0.15, -0.1) is 0 Å². The molecule has 0 bridgehead atoms. The monoisotopic (exact) mass is 559 g/mol. The molecular weight excluding hydrogens is 521 g/mol. The van der Waals surface area contributed by atoms with Crippen molar-refractivity contribution in [2.75, 3.05) is 41.7 Å². The third kappa shape index (κ3) is 8.54. The van der Waals surface area contributed by atoms with E-state index >= 15 is 0 Å². The molecule has 4 amide bonds. The molecule has 0 spiro atoms. The van der Waals surface area contributed by atoms with E-state index in [4.69, 9.17) is 0 Å². The van der Waals surface area contributed by atoms with Crippen molar-refractivity contribution in [2.45, 2.75) is 40.2 Å². The molecule has 8 nitrogen and oxygen atoms in total. The smallest absolute Gasteiger partial charge is 0.321 e. The lowest BCUT2D eigenvalue weighted by atomic mass is 10.1. The number of carbonyl (C=O) groups excluding carboxylic acids is 3. The van der Waals surface area contributed by atoms with Gasteiger partial charge in [0.1, 0.15) is 5.82 Å². The number of nitrogens with zero attached hydrogens (tertiary/aromatic N) is 2. The van der Waals surface area contributed by atoms with Gasteiger partial charge >= 0.3 is 6.03 Å². The van der Waals surface area contributed by atoms with Crippen LogP contribution in [0, 0.1) is 18.7 Å². The summed E-state index contributed by atoms with van der Waals surface area (Å²) in [7, 11) is 0. The average Bonchev–Trinajstić information content (AvgIpc) is 3.18. The molecule has 1 heterocycles. The molecule has 4 rings (SSSR count). The Morgan fingerprint density at radius 2 is 1.63 bits per heavy atom. The number of amides is 4. The number of urea groups is 1. The minimum atomic E-state index is -0.338. The molecule has 0 aromatic heterocycles. The molecule has 3 N–H and O–H groups in total.